The second-order valence-corrected chi connectivity index (χ2v) is 1.12. The first-order chi connectivity index (χ1) is 3.31. The van der Waals surface area contributed by atoms with Crippen molar-refractivity contribution in [2.75, 3.05) is 7.05 Å². The Labute approximate surface area is 41.9 Å². The van der Waals surface area contributed by atoms with Crippen LogP contribution in [0.1, 0.15) is 6.42 Å². The lowest BCUT2D eigenvalue weighted by Gasteiger charge is -1.95. The van der Waals surface area contributed by atoms with Crippen LogP contribution in [0.25, 0.3) is 0 Å². The maximum Gasteiger partial charge on any atom is 0.164 e. The summed E-state index contributed by atoms with van der Waals surface area (Å²) in [5, 5.41) is 10.1. The third-order valence-corrected chi connectivity index (χ3v) is 0.584. The minimum Gasteiger partial charge on any atom is -0.290 e. The van der Waals surface area contributed by atoms with Crippen LogP contribution in [0.3, 0.4) is 0 Å². The fourth-order valence-electron chi connectivity index (χ4n) is 0.182. The van der Waals surface area contributed by atoms with Gasteiger partial charge in [0.1, 0.15) is 0 Å². The minimum absolute atomic E-state index is 0.0729. The lowest BCUT2D eigenvalue weighted by atomic mass is 10.4. The van der Waals surface area contributed by atoms with Crippen molar-refractivity contribution in [3.63, 3.8) is 0 Å². The van der Waals surface area contributed by atoms with E-state index in [-0.39, 0.29) is 6.42 Å². The van der Waals surface area contributed by atoms with Gasteiger partial charge in [-0.05, 0) is 7.05 Å². The maximum absolute atomic E-state index is 11.8. The number of halogens is 1. The molecule has 2 nitrogen and oxygen atoms in total. The summed E-state index contributed by atoms with van der Waals surface area (Å²) in [5.74, 6) is 0. The van der Waals surface area contributed by atoms with Crippen molar-refractivity contribution in [1.29, 1.82) is 5.26 Å². The van der Waals surface area contributed by atoms with Crippen molar-refractivity contribution in [1.82, 2.24) is 5.32 Å². The van der Waals surface area contributed by atoms with Crippen LogP contribution >= 0.6 is 0 Å². The highest BCUT2D eigenvalue weighted by Crippen LogP contribution is 1.86. The van der Waals surface area contributed by atoms with E-state index < -0.39 is 6.30 Å². The number of nitriles is 1. The molecular weight excluding hydrogens is 95.1 g/mol. The predicted octanol–water partition coefficient (Wildman–Crippen LogP) is 0.415. The Balaban J connectivity index is 3.03. The van der Waals surface area contributed by atoms with Gasteiger partial charge in [-0.25, -0.2) is 4.39 Å². The van der Waals surface area contributed by atoms with E-state index >= 15 is 0 Å². The van der Waals surface area contributed by atoms with E-state index in [4.69, 9.17) is 5.26 Å². The molecule has 1 unspecified atom stereocenters. The topological polar surface area (TPSA) is 35.8 Å². The average Bonchev–Trinajstić information content (AvgIpc) is 1.68. The van der Waals surface area contributed by atoms with Crippen LogP contribution in [-0.2, 0) is 0 Å². The van der Waals surface area contributed by atoms with Crippen LogP contribution in [0.2, 0.25) is 0 Å². The Hall–Kier alpha value is -0.620. The molecule has 0 bridgehead atoms. The Morgan fingerprint density at radius 2 is 2.57 bits per heavy atom. The predicted molar refractivity (Wildman–Crippen MR) is 24.2 cm³/mol. The number of hydrogen-bond acceptors (Lipinski definition) is 2. The van der Waals surface area contributed by atoms with Crippen LogP contribution < -0.4 is 5.32 Å². The Morgan fingerprint density at radius 1 is 2.00 bits per heavy atom. The molecule has 0 aliphatic heterocycles. The molecule has 0 spiro atoms. The number of hydrogen-bond donors (Lipinski definition) is 1. The smallest absolute Gasteiger partial charge is 0.164 e. The number of rotatable bonds is 2. The largest absolute Gasteiger partial charge is 0.290 e. The third kappa shape index (κ3) is 3.20. The van der Waals surface area contributed by atoms with E-state index in [1.165, 1.54) is 7.05 Å². The first-order valence-electron chi connectivity index (χ1n) is 1.99. The van der Waals surface area contributed by atoms with Gasteiger partial charge in [0.15, 0.2) is 6.30 Å². The molecule has 0 radical (unpaired) electrons. The summed E-state index contributed by atoms with van der Waals surface area (Å²) in [6, 6.07) is 1.68. The second-order valence-electron chi connectivity index (χ2n) is 1.12. The Bertz CT molecular complexity index is 76.2. The highest BCUT2D eigenvalue weighted by Gasteiger charge is 1.96. The first kappa shape index (κ1) is 6.38. The van der Waals surface area contributed by atoms with Gasteiger partial charge in [-0.1, -0.05) is 0 Å². The fraction of sp³-hybridized carbons (Fsp3) is 0.750. The van der Waals surface area contributed by atoms with Crippen molar-refractivity contribution in [3.8, 4) is 6.07 Å². The van der Waals surface area contributed by atoms with Gasteiger partial charge < -0.3 is 0 Å². The van der Waals surface area contributed by atoms with Crippen LogP contribution in [0.15, 0.2) is 0 Å². The quantitative estimate of drug-likeness (QED) is 0.513. The molecule has 1 N–H and O–H groups in total. The van der Waals surface area contributed by atoms with Gasteiger partial charge in [-0.15, -0.1) is 0 Å². The van der Waals surface area contributed by atoms with Gasteiger partial charge in [0.2, 0.25) is 0 Å². The summed E-state index contributed by atoms with van der Waals surface area (Å²) < 4.78 is 11.8. The zero-order chi connectivity index (χ0) is 5.70. The van der Waals surface area contributed by atoms with Gasteiger partial charge >= 0.3 is 0 Å². The third-order valence-electron chi connectivity index (χ3n) is 0.584. The SMILES string of the molecule is CNC(F)CC#N. The monoisotopic (exact) mass is 102 g/mol. The first-order valence-corrected chi connectivity index (χ1v) is 1.99. The number of alkyl halides is 1. The van der Waals surface area contributed by atoms with Crippen molar-refractivity contribution in [3.05, 3.63) is 0 Å². The lowest BCUT2D eigenvalue weighted by molar-refractivity contribution is 0.297. The van der Waals surface area contributed by atoms with E-state index in [9.17, 15) is 4.39 Å². The summed E-state index contributed by atoms with van der Waals surface area (Å²) >= 11 is 0. The number of nitrogens with zero attached hydrogens (tertiary/aromatic N) is 1. The minimum atomic E-state index is -1.16. The van der Waals surface area contributed by atoms with Crippen LogP contribution in [0.4, 0.5) is 4.39 Å². The van der Waals surface area contributed by atoms with Gasteiger partial charge in [0, 0.05) is 0 Å². The molecule has 0 heterocycles. The van der Waals surface area contributed by atoms with Gasteiger partial charge in [0.25, 0.3) is 0 Å². The van der Waals surface area contributed by atoms with E-state index in [1.54, 1.807) is 6.07 Å². The zero-order valence-corrected chi connectivity index (χ0v) is 4.11. The summed E-state index contributed by atoms with van der Waals surface area (Å²) in [6.07, 6.45) is -1.23. The molecule has 0 rings (SSSR count). The van der Waals surface area contributed by atoms with Crippen LogP contribution in [0.5, 0.6) is 0 Å². The molecule has 0 aliphatic carbocycles. The summed E-state index contributed by atoms with van der Waals surface area (Å²) in [5.41, 5.74) is 0. The molecule has 0 aromatic heterocycles. The second kappa shape index (κ2) is 3.57. The van der Waals surface area contributed by atoms with Crippen LogP contribution in [0, 0.1) is 11.3 Å². The van der Waals surface area contributed by atoms with E-state index in [2.05, 4.69) is 5.32 Å². The Kier molecular flexibility index (Phi) is 3.25. The summed E-state index contributed by atoms with van der Waals surface area (Å²) in [4.78, 5) is 0. The Morgan fingerprint density at radius 3 is 2.71 bits per heavy atom. The van der Waals surface area contributed by atoms with Crippen molar-refractivity contribution < 1.29 is 4.39 Å². The van der Waals surface area contributed by atoms with Crippen LogP contribution in [-0.4, -0.2) is 13.3 Å². The van der Waals surface area contributed by atoms with Crippen molar-refractivity contribution in [2.24, 2.45) is 0 Å². The summed E-state index contributed by atoms with van der Waals surface area (Å²) in [7, 11) is 1.47. The molecule has 1 atom stereocenters. The fourth-order valence-corrected chi connectivity index (χ4v) is 0.182. The van der Waals surface area contributed by atoms with E-state index in [1.807, 2.05) is 0 Å². The van der Waals surface area contributed by atoms with Gasteiger partial charge in [0.05, 0.1) is 12.5 Å². The molecule has 0 saturated carbocycles. The normalized spacial score (nSPS) is 12.7. The maximum atomic E-state index is 11.8. The highest BCUT2D eigenvalue weighted by atomic mass is 19.1. The molecule has 0 amide bonds. The van der Waals surface area contributed by atoms with Gasteiger partial charge in [-0.3, -0.25) is 5.32 Å². The molecule has 0 aromatic carbocycles. The average molecular weight is 102 g/mol. The molecule has 40 valence electrons. The van der Waals surface area contributed by atoms with Crippen molar-refractivity contribution >= 4 is 0 Å². The molecule has 0 fully saturated rings. The molecule has 0 aromatic rings. The molecule has 0 saturated heterocycles. The lowest BCUT2D eigenvalue weighted by Crippen LogP contribution is -2.18. The molecule has 3 heteroatoms. The molecule has 0 aliphatic rings. The summed E-state index contributed by atoms with van der Waals surface area (Å²) in [6.45, 7) is 0. The number of nitrogens with one attached hydrogen (secondary N) is 1. The standard InChI is InChI=1S/C4H7FN2/c1-7-4(5)2-3-6/h4,7H,2H2,1H3. The molecule has 7 heavy (non-hydrogen) atoms. The van der Waals surface area contributed by atoms with E-state index in [0.29, 0.717) is 0 Å². The zero-order valence-electron chi connectivity index (χ0n) is 4.11. The van der Waals surface area contributed by atoms with Crippen molar-refractivity contribution in [2.45, 2.75) is 12.7 Å². The molecular formula is C4H7FN2. The highest BCUT2D eigenvalue weighted by molar-refractivity contribution is 4.72. The van der Waals surface area contributed by atoms with Gasteiger partial charge in [-0.2, -0.15) is 5.26 Å². The van der Waals surface area contributed by atoms with E-state index in [0.717, 1.165) is 0 Å².